The van der Waals surface area contributed by atoms with Crippen LogP contribution in [0, 0.1) is 11.3 Å². The van der Waals surface area contributed by atoms with Gasteiger partial charge < -0.3 is 9.47 Å². The Balaban J connectivity index is 2.41. The van der Waals surface area contributed by atoms with Crippen LogP contribution in [-0.2, 0) is 9.47 Å². The van der Waals surface area contributed by atoms with E-state index in [1.54, 1.807) is 0 Å². The highest BCUT2D eigenvalue weighted by Gasteiger charge is 2.35. The van der Waals surface area contributed by atoms with Crippen LogP contribution in [0.15, 0.2) is 0 Å². The first-order chi connectivity index (χ1) is 5.33. The summed E-state index contributed by atoms with van der Waals surface area (Å²) in [5, 5.41) is 9.53. The van der Waals surface area contributed by atoms with E-state index in [-0.39, 0.29) is 0 Å². The van der Waals surface area contributed by atoms with Gasteiger partial charge in [0.1, 0.15) is 6.07 Å². The summed E-state index contributed by atoms with van der Waals surface area (Å²) in [5.74, 6) is 0. The van der Waals surface area contributed by atoms with Gasteiger partial charge >= 0.3 is 0 Å². The standard InChI is InChI=1S/C7H10BrNO2/c8-2-4-11-7(5-9)1-3-10-6-7/h1-4,6H2. The van der Waals surface area contributed by atoms with Gasteiger partial charge in [-0.3, -0.25) is 0 Å². The molecule has 1 aliphatic heterocycles. The van der Waals surface area contributed by atoms with Crippen molar-refractivity contribution in [1.29, 1.82) is 5.26 Å². The summed E-state index contributed by atoms with van der Waals surface area (Å²) in [6.07, 6.45) is 0.691. The lowest BCUT2D eigenvalue weighted by Crippen LogP contribution is -2.31. The second-order valence-corrected chi connectivity index (χ2v) is 3.24. The Bertz CT molecular complexity index is 160. The van der Waals surface area contributed by atoms with Crippen LogP contribution in [0.25, 0.3) is 0 Å². The van der Waals surface area contributed by atoms with Crippen molar-refractivity contribution in [3.05, 3.63) is 0 Å². The van der Waals surface area contributed by atoms with Crippen LogP contribution in [0.3, 0.4) is 0 Å². The lowest BCUT2D eigenvalue weighted by Gasteiger charge is -2.17. The van der Waals surface area contributed by atoms with Gasteiger partial charge in [0.05, 0.1) is 19.8 Å². The molecule has 3 nitrogen and oxygen atoms in total. The summed E-state index contributed by atoms with van der Waals surface area (Å²) in [7, 11) is 0. The Morgan fingerprint density at radius 1 is 1.73 bits per heavy atom. The molecule has 1 heterocycles. The van der Waals surface area contributed by atoms with E-state index < -0.39 is 5.60 Å². The highest BCUT2D eigenvalue weighted by atomic mass is 79.9. The zero-order valence-corrected chi connectivity index (χ0v) is 7.76. The highest BCUT2D eigenvalue weighted by Crippen LogP contribution is 2.21. The maximum atomic E-state index is 8.77. The molecule has 0 aromatic rings. The number of hydrogen-bond acceptors (Lipinski definition) is 3. The monoisotopic (exact) mass is 219 g/mol. The van der Waals surface area contributed by atoms with Crippen molar-refractivity contribution in [2.45, 2.75) is 12.0 Å². The molecule has 11 heavy (non-hydrogen) atoms. The van der Waals surface area contributed by atoms with Gasteiger partial charge in [0.2, 0.25) is 0 Å². The summed E-state index contributed by atoms with van der Waals surface area (Å²) >= 11 is 3.23. The summed E-state index contributed by atoms with van der Waals surface area (Å²) in [6.45, 7) is 1.61. The quantitative estimate of drug-likeness (QED) is 0.668. The minimum Gasteiger partial charge on any atom is -0.377 e. The lowest BCUT2D eigenvalue weighted by molar-refractivity contribution is 0.000331. The predicted molar refractivity (Wildman–Crippen MR) is 43.5 cm³/mol. The molecule has 1 aliphatic rings. The zero-order chi connectivity index (χ0) is 8.16. The second kappa shape index (κ2) is 4.05. The van der Waals surface area contributed by atoms with Gasteiger partial charge in [-0.05, 0) is 0 Å². The van der Waals surface area contributed by atoms with Gasteiger partial charge in [-0.2, -0.15) is 5.26 Å². The van der Waals surface area contributed by atoms with Crippen molar-refractivity contribution in [1.82, 2.24) is 0 Å². The third-order valence-electron chi connectivity index (χ3n) is 1.64. The van der Waals surface area contributed by atoms with Crippen molar-refractivity contribution in [2.75, 3.05) is 25.2 Å². The largest absolute Gasteiger partial charge is 0.377 e. The molecule has 1 fully saturated rings. The molecule has 0 N–H and O–H groups in total. The van der Waals surface area contributed by atoms with Crippen LogP contribution in [0.2, 0.25) is 0 Å². The minimum atomic E-state index is -0.659. The number of nitriles is 1. The molecule has 0 aromatic carbocycles. The smallest absolute Gasteiger partial charge is 0.179 e. The fraction of sp³-hybridized carbons (Fsp3) is 0.857. The second-order valence-electron chi connectivity index (χ2n) is 2.45. The predicted octanol–water partition coefficient (Wildman–Crippen LogP) is 1.08. The molecule has 1 atom stereocenters. The average Bonchev–Trinajstić information content (AvgIpc) is 2.50. The van der Waals surface area contributed by atoms with E-state index in [2.05, 4.69) is 22.0 Å². The van der Waals surface area contributed by atoms with Crippen LogP contribution >= 0.6 is 15.9 Å². The molecule has 0 aromatic heterocycles. The van der Waals surface area contributed by atoms with Crippen molar-refractivity contribution in [2.24, 2.45) is 0 Å². The Labute approximate surface area is 74.4 Å². The fourth-order valence-corrected chi connectivity index (χ4v) is 1.18. The topological polar surface area (TPSA) is 42.2 Å². The molecule has 1 unspecified atom stereocenters. The number of rotatable bonds is 3. The summed E-state index contributed by atoms with van der Waals surface area (Å²) in [5.41, 5.74) is -0.659. The van der Waals surface area contributed by atoms with E-state index >= 15 is 0 Å². The van der Waals surface area contributed by atoms with Crippen molar-refractivity contribution >= 4 is 15.9 Å². The van der Waals surface area contributed by atoms with E-state index in [0.29, 0.717) is 26.2 Å². The molecular weight excluding hydrogens is 210 g/mol. The van der Waals surface area contributed by atoms with Crippen molar-refractivity contribution < 1.29 is 9.47 Å². The van der Waals surface area contributed by atoms with Gasteiger partial charge in [-0.1, -0.05) is 15.9 Å². The Morgan fingerprint density at radius 3 is 3.00 bits per heavy atom. The number of alkyl halides is 1. The Kier molecular flexibility index (Phi) is 3.31. The molecule has 4 heteroatoms. The summed E-state index contributed by atoms with van der Waals surface area (Å²) in [6, 6.07) is 2.14. The number of nitrogens with zero attached hydrogens (tertiary/aromatic N) is 1. The number of halogens is 1. The maximum Gasteiger partial charge on any atom is 0.179 e. The van der Waals surface area contributed by atoms with Gasteiger partial charge in [-0.25, -0.2) is 0 Å². The first kappa shape index (κ1) is 8.98. The normalized spacial score (nSPS) is 30.2. The van der Waals surface area contributed by atoms with E-state index in [1.165, 1.54) is 0 Å². The molecule has 0 spiro atoms. The van der Waals surface area contributed by atoms with Crippen LogP contribution < -0.4 is 0 Å². The molecule has 0 aliphatic carbocycles. The van der Waals surface area contributed by atoms with Gasteiger partial charge in [0.25, 0.3) is 0 Å². The maximum absolute atomic E-state index is 8.77. The molecule has 0 radical (unpaired) electrons. The minimum absolute atomic E-state index is 0.413. The molecule has 1 saturated heterocycles. The highest BCUT2D eigenvalue weighted by molar-refractivity contribution is 9.09. The van der Waals surface area contributed by atoms with E-state index in [9.17, 15) is 0 Å². The Hall–Kier alpha value is -0.110. The molecular formula is C7H10BrNO2. The van der Waals surface area contributed by atoms with E-state index in [0.717, 1.165) is 5.33 Å². The van der Waals surface area contributed by atoms with Crippen LogP contribution in [-0.4, -0.2) is 30.8 Å². The number of hydrogen-bond donors (Lipinski definition) is 0. The fourth-order valence-electron chi connectivity index (χ4n) is 1.01. The summed E-state index contributed by atoms with van der Waals surface area (Å²) in [4.78, 5) is 0. The van der Waals surface area contributed by atoms with Crippen LogP contribution in [0.1, 0.15) is 6.42 Å². The Morgan fingerprint density at radius 2 is 2.55 bits per heavy atom. The lowest BCUT2D eigenvalue weighted by atomic mass is 10.1. The van der Waals surface area contributed by atoms with Gasteiger partial charge in [0.15, 0.2) is 5.60 Å². The van der Waals surface area contributed by atoms with Crippen LogP contribution in [0.4, 0.5) is 0 Å². The molecule has 0 saturated carbocycles. The van der Waals surface area contributed by atoms with Crippen molar-refractivity contribution in [3.8, 4) is 6.07 Å². The number of ether oxygens (including phenoxy) is 2. The molecule has 62 valence electrons. The van der Waals surface area contributed by atoms with E-state index in [4.69, 9.17) is 14.7 Å². The molecule has 0 bridgehead atoms. The van der Waals surface area contributed by atoms with E-state index in [1.807, 2.05) is 0 Å². The van der Waals surface area contributed by atoms with Gasteiger partial charge in [-0.15, -0.1) is 0 Å². The van der Waals surface area contributed by atoms with Crippen LogP contribution in [0.5, 0.6) is 0 Å². The third kappa shape index (κ3) is 2.16. The first-order valence-electron chi connectivity index (χ1n) is 3.52. The first-order valence-corrected chi connectivity index (χ1v) is 4.64. The van der Waals surface area contributed by atoms with Crippen molar-refractivity contribution in [3.63, 3.8) is 0 Å². The van der Waals surface area contributed by atoms with Gasteiger partial charge in [0, 0.05) is 11.8 Å². The molecule has 0 amide bonds. The zero-order valence-electron chi connectivity index (χ0n) is 6.18. The SMILES string of the molecule is N#CC1(OCCBr)CCOC1. The summed E-state index contributed by atoms with van der Waals surface area (Å²) < 4.78 is 10.4. The average molecular weight is 220 g/mol. The molecule has 1 rings (SSSR count). The third-order valence-corrected chi connectivity index (χ3v) is 1.97.